The highest BCUT2D eigenvalue weighted by Crippen LogP contribution is 2.46. The first-order valence-corrected chi connectivity index (χ1v) is 27.7. The molecule has 6 fully saturated rings. The fourth-order valence-electron chi connectivity index (χ4n) is 10.0. The largest absolute Gasteiger partial charge is 0.444 e. The third kappa shape index (κ3) is 18.1. The minimum atomic E-state index is -1.87. The number of carbonyl (C=O) groups excluding carboxylic acids is 6. The Morgan fingerprint density at radius 3 is 1.37 bits per heavy atom. The van der Waals surface area contributed by atoms with Crippen LogP contribution in [0, 0.1) is 0 Å². The van der Waals surface area contributed by atoms with Gasteiger partial charge < -0.3 is 109 Å². The smallest absolute Gasteiger partial charge is 0.411 e. The summed E-state index contributed by atoms with van der Waals surface area (Å²) < 4.78 is 78.2. The molecule has 9 N–H and O–H groups in total. The molecule has 6 aliphatic rings. The van der Waals surface area contributed by atoms with Crippen molar-refractivity contribution in [2.75, 3.05) is 19.7 Å². The van der Waals surface area contributed by atoms with Gasteiger partial charge in [-0.3, -0.25) is 4.90 Å². The summed E-state index contributed by atoms with van der Waals surface area (Å²) in [6.07, 6.45) is -25.4. The lowest BCUT2D eigenvalue weighted by molar-refractivity contribution is -0.295. The van der Waals surface area contributed by atoms with Crippen LogP contribution >= 0.6 is 0 Å². The van der Waals surface area contributed by atoms with Gasteiger partial charge in [-0.05, 0) is 131 Å². The van der Waals surface area contributed by atoms with Gasteiger partial charge in [0.15, 0.2) is 18.9 Å². The summed E-state index contributed by atoms with van der Waals surface area (Å²) in [5.41, 5.74) is -5.76. The van der Waals surface area contributed by atoms with Crippen LogP contribution in [0.1, 0.15) is 131 Å². The van der Waals surface area contributed by atoms with Gasteiger partial charge in [0.1, 0.15) is 113 Å². The zero-order valence-electron chi connectivity index (χ0n) is 50.3. The monoisotopic (exact) mass is 1180 g/mol. The number of hydrogen-bond acceptors (Lipinski definition) is 23. The molecule has 29 heteroatoms. The summed E-state index contributed by atoms with van der Waals surface area (Å²) in [5.74, 6) is 0. The van der Waals surface area contributed by atoms with E-state index in [1.54, 1.807) is 125 Å². The van der Waals surface area contributed by atoms with Crippen molar-refractivity contribution in [3.05, 3.63) is 0 Å². The maximum Gasteiger partial charge on any atom is 0.411 e. The number of amides is 6. The molecule has 0 spiro atoms. The lowest BCUT2D eigenvalue weighted by atomic mass is 9.89. The molecule has 0 aromatic heterocycles. The number of carbonyl (C=O) groups is 6. The molecule has 470 valence electrons. The molecule has 0 aromatic carbocycles. The van der Waals surface area contributed by atoms with E-state index in [1.807, 2.05) is 0 Å². The van der Waals surface area contributed by atoms with Crippen LogP contribution in [-0.2, 0) is 61.6 Å². The third-order valence-corrected chi connectivity index (χ3v) is 12.9. The molecule has 6 saturated heterocycles. The van der Waals surface area contributed by atoms with Crippen LogP contribution < -0.4 is 26.6 Å². The van der Waals surface area contributed by atoms with E-state index < -0.39 is 200 Å². The van der Waals surface area contributed by atoms with Crippen molar-refractivity contribution in [3.63, 3.8) is 0 Å². The number of nitrogens with one attached hydrogen (secondary N) is 5. The van der Waals surface area contributed by atoms with E-state index in [1.165, 1.54) is 4.90 Å². The highest BCUT2D eigenvalue weighted by molar-refractivity contribution is 5.73. The molecule has 6 aliphatic heterocycles. The van der Waals surface area contributed by atoms with Crippen molar-refractivity contribution in [1.29, 1.82) is 0 Å². The highest BCUT2D eigenvalue weighted by Gasteiger charge is 2.66. The molecular weight excluding hydrogens is 1090 g/mol. The normalized spacial score (nSPS) is 34.7. The molecular formula is C53H90N6O23. The van der Waals surface area contributed by atoms with Crippen LogP contribution in [0.2, 0.25) is 0 Å². The first-order valence-electron chi connectivity index (χ1n) is 27.7. The highest BCUT2D eigenvalue weighted by atomic mass is 16.8. The molecule has 29 nitrogen and oxygen atoms in total. The number of fused-ring (bicyclic) bond motifs is 3. The Balaban J connectivity index is 1.37. The van der Waals surface area contributed by atoms with Crippen molar-refractivity contribution in [1.82, 2.24) is 31.5 Å². The Morgan fingerprint density at radius 2 is 0.866 bits per heavy atom. The third-order valence-electron chi connectivity index (χ3n) is 12.9. The lowest BCUT2D eigenvalue weighted by Crippen LogP contribution is -2.67. The van der Waals surface area contributed by atoms with E-state index in [4.69, 9.17) is 61.6 Å². The first kappa shape index (κ1) is 66.3. The maximum absolute atomic E-state index is 14.6. The Kier molecular flexibility index (Phi) is 20.2. The molecule has 0 aromatic rings. The number of ether oxygens (including phenoxy) is 13. The van der Waals surface area contributed by atoms with Gasteiger partial charge in [-0.1, -0.05) is 0 Å². The van der Waals surface area contributed by atoms with Gasteiger partial charge in [-0.25, -0.2) is 28.8 Å². The summed E-state index contributed by atoms with van der Waals surface area (Å²) in [6.45, 7) is 28.3. The Labute approximate surface area is 478 Å². The summed E-state index contributed by atoms with van der Waals surface area (Å²) in [7, 11) is 0. The van der Waals surface area contributed by atoms with E-state index >= 15 is 0 Å². The van der Waals surface area contributed by atoms with Crippen molar-refractivity contribution < 1.29 is 111 Å². The molecule has 6 amide bonds. The summed E-state index contributed by atoms with van der Waals surface area (Å²) in [4.78, 5) is 81.8. The molecule has 19 atom stereocenters. The molecule has 82 heavy (non-hydrogen) atoms. The molecule has 6 heterocycles. The van der Waals surface area contributed by atoms with Gasteiger partial charge in [-0.2, -0.15) is 0 Å². The summed E-state index contributed by atoms with van der Waals surface area (Å²) in [6, 6.07) is -6.10. The second-order valence-electron chi connectivity index (χ2n) is 27.2. The summed E-state index contributed by atoms with van der Waals surface area (Å²) >= 11 is 0. The molecule has 2 bridgehead atoms. The Hall–Kier alpha value is -4.82. The van der Waals surface area contributed by atoms with Crippen molar-refractivity contribution >= 4 is 36.6 Å². The van der Waals surface area contributed by atoms with E-state index in [-0.39, 0.29) is 13.0 Å². The van der Waals surface area contributed by atoms with Gasteiger partial charge in [0, 0.05) is 13.1 Å². The number of alkyl carbamates (subject to hydrolysis) is 5. The second-order valence-corrected chi connectivity index (χ2v) is 27.2. The quantitative estimate of drug-likeness (QED) is 0.0890. The van der Waals surface area contributed by atoms with Crippen LogP contribution in [0.4, 0.5) is 28.8 Å². The predicted octanol–water partition coefficient (Wildman–Crippen LogP) is 2.28. The Morgan fingerprint density at radius 1 is 0.451 bits per heavy atom. The fourth-order valence-corrected chi connectivity index (χ4v) is 10.0. The van der Waals surface area contributed by atoms with Crippen LogP contribution in [0.15, 0.2) is 0 Å². The molecule has 6 rings (SSSR count). The SMILES string of the molecule is CC(C)(C)OC(=O)NC[C@@H]1O[C@H](O[C@H]2[C@@H](O)[C@H](O[C@H]3[C@H](O[C@H]4O[C@H](CNC(=O)OC(C)(C)C)[C@@H](O)[C@H](O)[C@H]4NC(=O)OC(C)(C)C)[C@@H]4C[C@@H](NC(=O)OC(C)(C)C)[C@@H]3N4C(=O)OC(C)(C)C)O[C@@H]2CO)[C@H](NC(=O)OC(C)(C)C)[C@H]2O[C@@H]21. The Bertz CT molecular complexity index is 2250. The number of epoxide rings is 1. The van der Waals surface area contributed by atoms with Gasteiger partial charge >= 0.3 is 36.6 Å². The standard InChI is InChI=1S/C53H90N6O23/c1-48(2,3)77-42(64)54-20-25-31(61)32(62)28(57-45(67)80-51(10,11)12)39(70-25)74-34-24-19-23(56-44(66)79-50(7,8)9)30(59(24)47(69)82-53(16,17)18)38(34)76-41-33(63)35(27(22-60)72-41)75-40-29(58-46(68)81-52(13,14)15)37-36(73-37)26(71-40)21-55-43(65)78-49(4,5)6/h23-41,60-63H,19-22H2,1-18H3,(H,54,64)(H,55,65)(H,56,66)(H,57,67)(H,58,68)/t23-,24+,25-,26+,27-,28-,29-,30+,31-,32-,33-,34-,35-,36-,37-,38-,39-,40-,41+/m1/s1. The van der Waals surface area contributed by atoms with Gasteiger partial charge in [-0.15, -0.1) is 0 Å². The molecule has 0 unspecified atom stereocenters. The average molecular weight is 1180 g/mol. The second kappa shape index (κ2) is 25.0. The lowest BCUT2D eigenvalue weighted by Gasteiger charge is -2.45. The van der Waals surface area contributed by atoms with E-state index in [9.17, 15) is 49.2 Å². The van der Waals surface area contributed by atoms with Gasteiger partial charge in [0.05, 0.1) is 24.7 Å². The van der Waals surface area contributed by atoms with E-state index in [0.29, 0.717) is 0 Å². The minimum absolute atomic E-state index is 0.0579. The number of aliphatic hydroxyl groups excluding tert-OH is 4. The number of hydrogen-bond donors (Lipinski definition) is 9. The number of aliphatic hydroxyl groups is 4. The zero-order chi connectivity index (χ0) is 61.6. The van der Waals surface area contributed by atoms with Crippen LogP contribution in [0.25, 0.3) is 0 Å². The first-order chi connectivity index (χ1) is 37.5. The molecule has 0 saturated carbocycles. The van der Waals surface area contributed by atoms with Crippen LogP contribution in [-0.4, -0.2) is 231 Å². The molecule has 0 aliphatic carbocycles. The van der Waals surface area contributed by atoms with Crippen LogP contribution in [0.5, 0.6) is 0 Å². The van der Waals surface area contributed by atoms with Crippen molar-refractivity contribution in [2.24, 2.45) is 0 Å². The number of rotatable bonds is 14. The average Bonchev–Trinajstić information content (AvgIpc) is 3.83. The fraction of sp³-hybridized carbons (Fsp3) is 0.887. The van der Waals surface area contributed by atoms with Crippen LogP contribution in [0.3, 0.4) is 0 Å². The van der Waals surface area contributed by atoms with Crippen molar-refractivity contribution in [3.8, 4) is 0 Å². The van der Waals surface area contributed by atoms with E-state index in [0.717, 1.165) is 0 Å². The van der Waals surface area contributed by atoms with Crippen molar-refractivity contribution in [2.45, 2.75) is 281 Å². The maximum atomic E-state index is 14.6. The minimum Gasteiger partial charge on any atom is -0.444 e. The molecule has 0 radical (unpaired) electrons. The van der Waals surface area contributed by atoms with Gasteiger partial charge in [0.2, 0.25) is 0 Å². The zero-order valence-corrected chi connectivity index (χ0v) is 50.3. The van der Waals surface area contributed by atoms with Gasteiger partial charge in [0.25, 0.3) is 0 Å². The summed E-state index contributed by atoms with van der Waals surface area (Å²) in [5, 5.41) is 59.8. The predicted molar refractivity (Wildman–Crippen MR) is 283 cm³/mol. The van der Waals surface area contributed by atoms with E-state index in [2.05, 4.69) is 26.6 Å². The topological polar surface area (TPSA) is 370 Å². The number of nitrogens with zero attached hydrogens (tertiary/aromatic N) is 1.